The molecule has 4 heteroatoms. The molecular formula is C16H18ClNO2. The third kappa shape index (κ3) is 3.89. The Morgan fingerprint density at radius 2 is 1.90 bits per heavy atom. The zero-order chi connectivity index (χ0) is 14.4. The highest BCUT2D eigenvalue weighted by molar-refractivity contribution is 6.30. The summed E-state index contributed by atoms with van der Waals surface area (Å²) in [5, 5.41) is 0.640. The Morgan fingerprint density at radius 1 is 1.10 bits per heavy atom. The molecule has 0 aliphatic carbocycles. The van der Waals surface area contributed by atoms with Crippen LogP contribution in [0.3, 0.4) is 0 Å². The molecule has 3 nitrogen and oxygen atoms in total. The van der Waals surface area contributed by atoms with Gasteiger partial charge in [0.2, 0.25) is 0 Å². The van der Waals surface area contributed by atoms with Crippen LogP contribution in [-0.2, 0) is 6.42 Å². The number of rotatable bonds is 6. The van der Waals surface area contributed by atoms with Gasteiger partial charge in [-0.2, -0.15) is 0 Å². The van der Waals surface area contributed by atoms with Crippen molar-refractivity contribution in [1.29, 1.82) is 0 Å². The predicted octanol–water partition coefficient (Wildman–Crippen LogP) is 4.03. The van der Waals surface area contributed by atoms with Gasteiger partial charge in [-0.15, -0.1) is 0 Å². The highest BCUT2D eigenvalue weighted by atomic mass is 35.5. The van der Waals surface area contributed by atoms with Crippen molar-refractivity contribution < 1.29 is 9.47 Å². The molecule has 0 bridgehead atoms. The monoisotopic (exact) mass is 291 g/mol. The standard InChI is InChI=1S/C16H18ClNO2/c1-2-19-14-4-3-5-15(11-14)20-16-10-13(17)7-6-12(16)8-9-18/h3-7,10-11H,2,8-9,18H2,1H3. The number of halogens is 1. The Balaban J connectivity index is 2.24. The fraction of sp³-hybridized carbons (Fsp3) is 0.250. The predicted molar refractivity (Wildman–Crippen MR) is 81.9 cm³/mol. The van der Waals surface area contributed by atoms with E-state index in [1.54, 1.807) is 6.07 Å². The Morgan fingerprint density at radius 3 is 2.65 bits per heavy atom. The van der Waals surface area contributed by atoms with E-state index in [4.69, 9.17) is 26.8 Å². The lowest BCUT2D eigenvalue weighted by atomic mass is 10.1. The summed E-state index contributed by atoms with van der Waals surface area (Å²) in [6.45, 7) is 3.14. The second kappa shape index (κ2) is 7.17. The molecule has 0 fully saturated rings. The molecule has 0 heterocycles. The van der Waals surface area contributed by atoms with Gasteiger partial charge in [-0.3, -0.25) is 0 Å². The van der Waals surface area contributed by atoms with Gasteiger partial charge in [0.1, 0.15) is 17.2 Å². The summed E-state index contributed by atoms with van der Waals surface area (Å²) >= 11 is 6.03. The molecule has 0 saturated heterocycles. The van der Waals surface area contributed by atoms with Gasteiger partial charge >= 0.3 is 0 Å². The minimum Gasteiger partial charge on any atom is -0.494 e. The smallest absolute Gasteiger partial charge is 0.132 e. The zero-order valence-electron chi connectivity index (χ0n) is 11.4. The van der Waals surface area contributed by atoms with E-state index in [0.717, 1.165) is 29.2 Å². The first-order valence-electron chi connectivity index (χ1n) is 6.62. The largest absolute Gasteiger partial charge is 0.494 e. The van der Waals surface area contributed by atoms with E-state index < -0.39 is 0 Å². The van der Waals surface area contributed by atoms with Crippen LogP contribution >= 0.6 is 11.6 Å². The SMILES string of the molecule is CCOc1cccc(Oc2cc(Cl)ccc2CCN)c1. The van der Waals surface area contributed by atoms with Crippen LogP contribution in [0.2, 0.25) is 5.02 Å². The Labute approximate surface area is 124 Å². The number of hydrogen-bond acceptors (Lipinski definition) is 3. The summed E-state index contributed by atoms with van der Waals surface area (Å²) in [4.78, 5) is 0. The molecule has 2 rings (SSSR count). The number of ether oxygens (including phenoxy) is 2. The number of nitrogens with two attached hydrogens (primary N) is 1. The molecule has 2 aromatic rings. The average molecular weight is 292 g/mol. The summed E-state index contributed by atoms with van der Waals surface area (Å²) in [5.74, 6) is 2.24. The van der Waals surface area contributed by atoms with Crippen molar-refractivity contribution in [3.63, 3.8) is 0 Å². The lowest BCUT2D eigenvalue weighted by Crippen LogP contribution is -2.04. The molecule has 106 valence electrons. The topological polar surface area (TPSA) is 44.5 Å². The van der Waals surface area contributed by atoms with Crippen molar-refractivity contribution in [2.45, 2.75) is 13.3 Å². The molecule has 0 unspecified atom stereocenters. The van der Waals surface area contributed by atoms with Crippen molar-refractivity contribution in [2.24, 2.45) is 5.73 Å². The third-order valence-corrected chi connectivity index (χ3v) is 3.02. The van der Waals surface area contributed by atoms with Gasteiger partial charge < -0.3 is 15.2 Å². The fourth-order valence-corrected chi connectivity index (χ4v) is 2.07. The molecule has 0 atom stereocenters. The van der Waals surface area contributed by atoms with Crippen molar-refractivity contribution in [3.8, 4) is 17.2 Å². The van der Waals surface area contributed by atoms with Crippen LogP contribution in [0.1, 0.15) is 12.5 Å². The van der Waals surface area contributed by atoms with E-state index >= 15 is 0 Å². The highest BCUT2D eigenvalue weighted by Gasteiger charge is 2.06. The second-order valence-corrected chi connectivity index (χ2v) is 4.74. The molecule has 0 amide bonds. The quantitative estimate of drug-likeness (QED) is 0.874. The second-order valence-electron chi connectivity index (χ2n) is 4.30. The van der Waals surface area contributed by atoms with Gasteiger partial charge in [0.25, 0.3) is 0 Å². The minimum absolute atomic E-state index is 0.566. The minimum atomic E-state index is 0.566. The summed E-state index contributed by atoms with van der Waals surface area (Å²) in [5.41, 5.74) is 6.66. The third-order valence-electron chi connectivity index (χ3n) is 2.79. The van der Waals surface area contributed by atoms with Crippen molar-refractivity contribution in [1.82, 2.24) is 0 Å². The van der Waals surface area contributed by atoms with Crippen LogP contribution in [-0.4, -0.2) is 13.2 Å². The van der Waals surface area contributed by atoms with Crippen LogP contribution in [0.4, 0.5) is 0 Å². The molecule has 0 saturated carbocycles. The number of benzene rings is 2. The molecule has 0 aliphatic heterocycles. The number of hydrogen-bond donors (Lipinski definition) is 1. The van der Waals surface area contributed by atoms with Gasteiger partial charge in [-0.05, 0) is 49.7 Å². The summed E-state index contributed by atoms with van der Waals surface area (Å²) in [6, 6.07) is 13.1. The van der Waals surface area contributed by atoms with Crippen LogP contribution in [0.5, 0.6) is 17.2 Å². The highest BCUT2D eigenvalue weighted by Crippen LogP contribution is 2.30. The molecule has 20 heavy (non-hydrogen) atoms. The van der Waals surface area contributed by atoms with E-state index in [1.165, 1.54) is 0 Å². The van der Waals surface area contributed by atoms with Crippen LogP contribution in [0, 0.1) is 0 Å². The molecule has 2 aromatic carbocycles. The van der Waals surface area contributed by atoms with Gasteiger partial charge in [0.05, 0.1) is 6.61 Å². The van der Waals surface area contributed by atoms with Gasteiger partial charge in [-0.1, -0.05) is 23.7 Å². The van der Waals surface area contributed by atoms with Crippen LogP contribution in [0.15, 0.2) is 42.5 Å². The van der Waals surface area contributed by atoms with Gasteiger partial charge in [-0.25, -0.2) is 0 Å². The first kappa shape index (κ1) is 14.7. The summed E-state index contributed by atoms with van der Waals surface area (Å²) in [7, 11) is 0. The van der Waals surface area contributed by atoms with Crippen molar-refractivity contribution in [2.75, 3.05) is 13.2 Å². The van der Waals surface area contributed by atoms with Crippen molar-refractivity contribution in [3.05, 3.63) is 53.1 Å². The van der Waals surface area contributed by atoms with E-state index in [2.05, 4.69) is 0 Å². The molecule has 0 radical (unpaired) electrons. The molecular weight excluding hydrogens is 274 g/mol. The maximum absolute atomic E-state index is 6.03. The summed E-state index contributed by atoms with van der Waals surface area (Å²) < 4.78 is 11.4. The van der Waals surface area contributed by atoms with Gasteiger partial charge in [0.15, 0.2) is 0 Å². The Bertz CT molecular complexity index is 572. The molecule has 0 aliphatic rings. The maximum Gasteiger partial charge on any atom is 0.132 e. The Kier molecular flexibility index (Phi) is 5.27. The molecule has 2 N–H and O–H groups in total. The zero-order valence-corrected chi connectivity index (χ0v) is 12.2. The lowest BCUT2D eigenvalue weighted by Gasteiger charge is -2.12. The van der Waals surface area contributed by atoms with Crippen molar-refractivity contribution >= 4 is 11.6 Å². The molecule has 0 spiro atoms. The average Bonchev–Trinajstić information content (AvgIpc) is 2.43. The lowest BCUT2D eigenvalue weighted by molar-refractivity contribution is 0.338. The van der Waals surface area contributed by atoms with Gasteiger partial charge in [0, 0.05) is 11.1 Å². The normalized spacial score (nSPS) is 10.3. The first-order valence-corrected chi connectivity index (χ1v) is 7.00. The fourth-order valence-electron chi connectivity index (χ4n) is 1.91. The first-order chi connectivity index (χ1) is 9.72. The van der Waals surface area contributed by atoms with Crippen LogP contribution < -0.4 is 15.2 Å². The maximum atomic E-state index is 6.03. The van der Waals surface area contributed by atoms with E-state index in [0.29, 0.717) is 18.2 Å². The van der Waals surface area contributed by atoms with Crippen LogP contribution in [0.25, 0.3) is 0 Å². The Hall–Kier alpha value is -1.71. The van der Waals surface area contributed by atoms with E-state index in [1.807, 2.05) is 43.3 Å². The van der Waals surface area contributed by atoms with E-state index in [-0.39, 0.29) is 0 Å². The van der Waals surface area contributed by atoms with E-state index in [9.17, 15) is 0 Å². The molecule has 0 aromatic heterocycles. The summed E-state index contributed by atoms with van der Waals surface area (Å²) in [6.07, 6.45) is 0.748.